The second-order valence-electron chi connectivity index (χ2n) is 4.03. The molecule has 1 saturated heterocycles. The molecule has 0 radical (unpaired) electrons. The maximum absolute atomic E-state index is 11.7. The van der Waals surface area contributed by atoms with Crippen LogP contribution < -0.4 is 16.4 Å². The second kappa shape index (κ2) is 4.00. The zero-order valence-electron chi connectivity index (χ0n) is 9.38. The number of hydrogen-bond acceptors (Lipinski definition) is 5. The molecule has 0 spiro atoms. The number of aromatic nitrogens is 2. The van der Waals surface area contributed by atoms with E-state index in [-0.39, 0.29) is 24.8 Å². The van der Waals surface area contributed by atoms with Crippen molar-refractivity contribution < 1.29 is 9.59 Å². The first-order valence-electron chi connectivity index (χ1n) is 5.18. The van der Waals surface area contributed by atoms with Crippen LogP contribution in [0.2, 0.25) is 0 Å². The Balaban J connectivity index is 2.28. The van der Waals surface area contributed by atoms with Gasteiger partial charge in [-0.1, -0.05) is 0 Å². The van der Waals surface area contributed by atoms with Crippen LogP contribution in [0.15, 0.2) is 6.07 Å². The lowest BCUT2D eigenvalue weighted by atomic mass is 10.1. The number of rotatable bonds is 2. The molecule has 0 aromatic carbocycles. The Bertz CT molecular complexity index is 467. The highest BCUT2D eigenvalue weighted by Gasteiger charge is 2.34. The van der Waals surface area contributed by atoms with Crippen LogP contribution >= 0.6 is 0 Å². The van der Waals surface area contributed by atoms with E-state index in [0.29, 0.717) is 11.5 Å². The smallest absolute Gasteiger partial charge is 0.229 e. The second-order valence-corrected chi connectivity index (χ2v) is 4.03. The fourth-order valence-corrected chi connectivity index (χ4v) is 1.83. The SMILES string of the molecule is Cc1cc(N2CC(C(N)=O)CC2=O)nc(N)n1. The van der Waals surface area contributed by atoms with Gasteiger partial charge < -0.3 is 11.5 Å². The molecule has 2 amide bonds. The Labute approximate surface area is 97.8 Å². The topological polar surface area (TPSA) is 115 Å². The molecule has 1 aliphatic heterocycles. The minimum atomic E-state index is -0.473. The summed E-state index contributed by atoms with van der Waals surface area (Å²) >= 11 is 0. The Morgan fingerprint density at radius 2 is 2.24 bits per heavy atom. The van der Waals surface area contributed by atoms with Gasteiger partial charge in [0.05, 0.1) is 5.92 Å². The van der Waals surface area contributed by atoms with Crippen molar-refractivity contribution in [3.8, 4) is 0 Å². The zero-order valence-corrected chi connectivity index (χ0v) is 9.38. The van der Waals surface area contributed by atoms with Crippen LogP contribution in [0.4, 0.5) is 11.8 Å². The molecule has 4 N–H and O–H groups in total. The van der Waals surface area contributed by atoms with E-state index in [2.05, 4.69) is 9.97 Å². The number of anilines is 2. The molecule has 2 rings (SSSR count). The lowest BCUT2D eigenvalue weighted by Crippen LogP contribution is -2.29. The van der Waals surface area contributed by atoms with E-state index >= 15 is 0 Å². The van der Waals surface area contributed by atoms with Crippen LogP contribution in [0.3, 0.4) is 0 Å². The lowest BCUT2D eigenvalue weighted by molar-refractivity contribution is -0.123. The van der Waals surface area contributed by atoms with Crippen molar-refractivity contribution in [2.75, 3.05) is 17.2 Å². The predicted octanol–water partition coefficient (Wildman–Crippen LogP) is -0.795. The normalized spacial score (nSPS) is 19.7. The van der Waals surface area contributed by atoms with Crippen LogP contribution in [0, 0.1) is 12.8 Å². The highest BCUT2D eigenvalue weighted by atomic mass is 16.2. The molecule has 0 bridgehead atoms. The molecular weight excluding hydrogens is 222 g/mol. The van der Waals surface area contributed by atoms with Crippen LogP contribution in [-0.4, -0.2) is 28.3 Å². The molecule has 17 heavy (non-hydrogen) atoms. The van der Waals surface area contributed by atoms with E-state index in [1.807, 2.05) is 0 Å². The Kier molecular flexibility index (Phi) is 2.66. The zero-order chi connectivity index (χ0) is 12.6. The van der Waals surface area contributed by atoms with Crippen LogP contribution in [0.5, 0.6) is 0 Å². The number of carbonyl (C=O) groups excluding carboxylic acids is 2. The van der Waals surface area contributed by atoms with Gasteiger partial charge in [-0.15, -0.1) is 0 Å². The number of carbonyl (C=O) groups is 2. The summed E-state index contributed by atoms with van der Waals surface area (Å²) in [6.45, 7) is 2.01. The number of nitrogen functional groups attached to an aromatic ring is 1. The molecule has 0 saturated carbocycles. The first-order chi connectivity index (χ1) is 7.97. The molecule has 90 valence electrons. The van der Waals surface area contributed by atoms with Gasteiger partial charge in [0.15, 0.2) is 0 Å². The summed E-state index contributed by atoms with van der Waals surface area (Å²) in [6, 6.07) is 1.65. The fraction of sp³-hybridized carbons (Fsp3) is 0.400. The van der Waals surface area contributed by atoms with Crippen LogP contribution in [0.1, 0.15) is 12.1 Å². The van der Waals surface area contributed by atoms with E-state index in [1.54, 1.807) is 13.0 Å². The van der Waals surface area contributed by atoms with Gasteiger partial charge in [0.1, 0.15) is 5.82 Å². The summed E-state index contributed by atoms with van der Waals surface area (Å²) in [5, 5.41) is 0. The Morgan fingerprint density at radius 1 is 1.53 bits per heavy atom. The molecule has 0 aliphatic carbocycles. The molecule has 7 heteroatoms. The van der Waals surface area contributed by atoms with Gasteiger partial charge >= 0.3 is 0 Å². The van der Waals surface area contributed by atoms with E-state index in [9.17, 15) is 9.59 Å². The number of hydrogen-bond donors (Lipinski definition) is 2. The van der Waals surface area contributed by atoms with Crippen molar-refractivity contribution in [3.63, 3.8) is 0 Å². The highest BCUT2D eigenvalue weighted by molar-refractivity contribution is 5.99. The molecule has 1 fully saturated rings. The summed E-state index contributed by atoms with van der Waals surface area (Å²) in [4.78, 5) is 32.1. The number of nitrogens with two attached hydrogens (primary N) is 2. The van der Waals surface area contributed by atoms with Gasteiger partial charge in [0.25, 0.3) is 0 Å². The van der Waals surface area contributed by atoms with Crippen LogP contribution in [0.25, 0.3) is 0 Å². The Morgan fingerprint density at radius 3 is 2.76 bits per heavy atom. The average molecular weight is 235 g/mol. The molecule has 1 unspecified atom stereocenters. The Hall–Kier alpha value is -2.18. The first-order valence-corrected chi connectivity index (χ1v) is 5.18. The van der Waals surface area contributed by atoms with E-state index in [4.69, 9.17) is 11.5 Å². The van der Waals surface area contributed by atoms with E-state index in [0.717, 1.165) is 0 Å². The highest BCUT2D eigenvalue weighted by Crippen LogP contribution is 2.24. The number of primary amides is 1. The molecular formula is C10H13N5O2. The molecule has 1 aromatic rings. The van der Waals surface area contributed by atoms with Crippen LogP contribution in [-0.2, 0) is 9.59 Å². The predicted molar refractivity (Wildman–Crippen MR) is 60.8 cm³/mol. The van der Waals surface area contributed by atoms with E-state index in [1.165, 1.54) is 4.90 Å². The van der Waals surface area contributed by atoms with Gasteiger partial charge in [-0.05, 0) is 6.92 Å². The molecule has 2 heterocycles. The molecule has 1 aliphatic rings. The lowest BCUT2D eigenvalue weighted by Gasteiger charge is -2.15. The maximum Gasteiger partial charge on any atom is 0.229 e. The van der Waals surface area contributed by atoms with Crippen molar-refractivity contribution in [1.29, 1.82) is 0 Å². The summed E-state index contributed by atoms with van der Waals surface area (Å²) in [5.74, 6) is -0.580. The molecule has 1 atom stereocenters. The largest absolute Gasteiger partial charge is 0.369 e. The number of amides is 2. The van der Waals surface area contributed by atoms with Crippen molar-refractivity contribution >= 4 is 23.6 Å². The monoisotopic (exact) mass is 235 g/mol. The third-order valence-corrected chi connectivity index (χ3v) is 2.66. The number of nitrogens with zero attached hydrogens (tertiary/aromatic N) is 3. The first kappa shape index (κ1) is 11.3. The summed E-state index contributed by atoms with van der Waals surface area (Å²) in [6.07, 6.45) is 0.123. The van der Waals surface area contributed by atoms with Gasteiger partial charge in [0.2, 0.25) is 17.8 Å². The molecule has 7 nitrogen and oxygen atoms in total. The van der Waals surface area contributed by atoms with Crippen molar-refractivity contribution in [2.45, 2.75) is 13.3 Å². The van der Waals surface area contributed by atoms with Crippen molar-refractivity contribution in [3.05, 3.63) is 11.8 Å². The van der Waals surface area contributed by atoms with Gasteiger partial charge in [0, 0.05) is 24.7 Å². The minimum Gasteiger partial charge on any atom is -0.369 e. The quantitative estimate of drug-likeness (QED) is 0.696. The molecule has 1 aromatic heterocycles. The fourth-order valence-electron chi connectivity index (χ4n) is 1.83. The van der Waals surface area contributed by atoms with Crippen molar-refractivity contribution in [2.24, 2.45) is 11.7 Å². The summed E-state index contributed by atoms with van der Waals surface area (Å²) in [5.41, 5.74) is 11.4. The average Bonchev–Trinajstić information content (AvgIpc) is 2.59. The number of aryl methyl sites for hydroxylation is 1. The van der Waals surface area contributed by atoms with E-state index < -0.39 is 11.8 Å². The summed E-state index contributed by atoms with van der Waals surface area (Å²) in [7, 11) is 0. The standard InChI is InChI=1S/C10H13N5O2/c1-5-2-7(14-10(12)13-5)15-4-6(9(11)17)3-8(15)16/h2,6H,3-4H2,1H3,(H2,11,17)(H2,12,13,14). The van der Waals surface area contributed by atoms with Crippen molar-refractivity contribution in [1.82, 2.24) is 9.97 Å². The van der Waals surface area contributed by atoms with Gasteiger partial charge in [-0.2, -0.15) is 4.98 Å². The summed E-state index contributed by atoms with van der Waals surface area (Å²) < 4.78 is 0. The van der Waals surface area contributed by atoms with Gasteiger partial charge in [-0.3, -0.25) is 14.5 Å². The van der Waals surface area contributed by atoms with Gasteiger partial charge in [-0.25, -0.2) is 4.98 Å². The third kappa shape index (κ3) is 2.17. The third-order valence-electron chi connectivity index (χ3n) is 2.66. The maximum atomic E-state index is 11.7. The minimum absolute atomic E-state index is 0.107.